The molecule has 0 aliphatic carbocycles. The van der Waals surface area contributed by atoms with Crippen molar-refractivity contribution in [2.45, 2.75) is 13.3 Å². The molecule has 0 atom stereocenters. The minimum atomic E-state index is -0.214. The molecule has 2 N–H and O–H groups in total. The summed E-state index contributed by atoms with van der Waals surface area (Å²) >= 11 is 0. The third-order valence-electron chi connectivity index (χ3n) is 4.76. The van der Waals surface area contributed by atoms with E-state index < -0.39 is 0 Å². The SMILES string of the molecule is Cc1ccccc1C(=O)Nc1nc(NCCc2ccccc2)nn1-c1ccccc1. The summed E-state index contributed by atoms with van der Waals surface area (Å²) in [6, 6.07) is 27.3. The summed E-state index contributed by atoms with van der Waals surface area (Å²) in [5.74, 6) is 0.625. The minimum absolute atomic E-state index is 0.214. The fourth-order valence-electron chi connectivity index (χ4n) is 3.18. The molecule has 0 aliphatic rings. The van der Waals surface area contributed by atoms with Gasteiger partial charge in [-0.15, -0.1) is 5.10 Å². The highest BCUT2D eigenvalue weighted by Crippen LogP contribution is 2.18. The molecule has 1 heterocycles. The lowest BCUT2D eigenvalue weighted by molar-refractivity contribution is 0.102. The van der Waals surface area contributed by atoms with Crippen molar-refractivity contribution in [1.82, 2.24) is 14.8 Å². The van der Waals surface area contributed by atoms with Crippen LogP contribution in [0.5, 0.6) is 0 Å². The molecule has 0 saturated carbocycles. The van der Waals surface area contributed by atoms with Crippen LogP contribution in [0.3, 0.4) is 0 Å². The number of hydrogen-bond acceptors (Lipinski definition) is 4. The first-order valence-corrected chi connectivity index (χ1v) is 9.88. The maximum absolute atomic E-state index is 12.8. The second kappa shape index (κ2) is 9.05. The Hall–Kier alpha value is -3.93. The van der Waals surface area contributed by atoms with E-state index in [1.54, 1.807) is 10.7 Å². The van der Waals surface area contributed by atoms with Crippen molar-refractivity contribution in [3.05, 3.63) is 102 Å². The number of hydrogen-bond donors (Lipinski definition) is 2. The first-order chi connectivity index (χ1) is 14.7. The average molecular weight is 397 g/mol. The summed E-state index contributed by atoms with van der Waals surface area (Å²) in [5.41, 5.74) is 3.57. The maximum Gasteiger partial charge on any atom is 0.258 e. The van der Waals surface area contributed by atoms with E-state index in [-0.39, 0.29) is 5.91 Å². The van der Waals surface area contributed by atoms with Gasteiger partial charge >= 0.3 is 0 Å². The van der Waals surface area contributed by atoms with Crippen LogP contribution in [0.25, 0.3) is 5.69 Å². The molecule has 0 radical (unpaired) electrons. The van der Waals surface area contributed by atoms with Crippen molar-refractivity contribution < 1.29 is 4.79 Å². The first-order valence-electron chi connectivity index (χ1n) is 9.88. The Bertz CT molecular complexity index is 1120. The van der Waals surface area contributed by atoms with Crippen molar-refractivity contribution in [1.29, 1.82) is 0 Å². The lowest BCUT2D eigenvalue weighted by Gasteiger charge is -2.08. The van der Waals surface area contributed by atoms with E-state index >= 15 is 0 Å². The summed E-state index contributed by atoms with van der Waals surface area (Å²) in [6.07, 6.45) is 0.853. The number of para-hydroxylation sites is 1. The van der Waals surface area contributed by atoms with Gasteiger partial charge in [0.2, 0.25) is 11.9 Å². The number of aryl methyl sites for hydroxylation is 1. The van der Waals surface area contributed by atoms with Crippen LogP contribution in [-0.2, 0) is 6.42 Å². The number of aromatic nitrogens is 3. The predicted molar refractivity (Wildman–Crippen MR) is 119 cm³/mol. The molecule has 1 amide bonds. The molecular weight excluding hydrogens is 374 g/mol. The molecule has 0 saturated heterocycles. The Morgan fingerprint density at radius 3 is 2.30 bits per heavy atom. The summed E-state index contributed by atoms with van der Waals surface area (Å²) in [4.78, 5) is 17.3. The second-order valence-electron chi connectivity index (χ2n) is 6.94. The molecule has 0 bridgehead atoms. The van der Waals surface area contributed by atoms with Gasteiger partial charge in [-0.2, -0.15) is 9.67 Å². The van der Waals surface area contributed by atoms with Crippen LogP contribution >= 0.6 is 0 Å². The van der Waals surface area contributed by atoms with E-state index in [0.717, 1.165) is 17.7 Å². The van der Waals surface area contributed by atoms with Gasteiger partial charge in [0.25, 0.3) is 5.91 Å². The van der Waals surface area contributed by atoms with E-state index in [1.165, 1.54) is 5.56 Å². The molecule has 6 nitrogen and oxygen atoms in total. The van der Waals surface area contributed by atoms with Crippen molar-refractivity contribution in [3.63, 3.8) is 0 Å². The number of amides is 1. The van der Waals surface area contributed by atoms with Crippen molar-refractivity contribution in [2.75, 3.05) is 17.2 Å². The Morgan fingerprint density at radius 1 is 0.900 bits per heavy atom. The topological polar surface area (TPSA) is 71.8 Å². The van der Waals surface area contributed by atoms with Gasteiger partial charge in [0, 0.05) is 12.1 Å². The number of carbonyl (C=O) groups is 1. The summed E-state index contributed by atoms with van der Waals surface area (Å²) in [5, 5.41) is 10.7. The standard InChI is InChI=1S/C24H23N5O/c1-18-10-8-9-15-21(18)22(30)26-24-27-23(25-17-16-19-11-4-2-5-12-19)28-29(24)20-13-6-3-7-14-20/h2-15H,16-17H2,1H3,(H2,25,26,27,28,30). The number of anilines is 2. The fraction of sp³-hybridized carbons (Fsp3) is 0.125. The highest BCUT2D eigenvalue weighted by molar-refractivity contribution is 6.04. The molecular formula is C24H23N5O. The van der Waals surface area contributed by atoms with Crippen LogP contribution in [0, 0.1) is 6.92 Å². The van der Waals surface area contributed by atoms with Crippen molar-refractivity contribution in [3.8, 4) is 5.69 Å². The molecule has 3 aromatic carbocycles. The van der Waals surface area contributed by atoms with Gasteiger partial charge in [-0.3, -0.25) is 10.1 Å². The quantitative estimate of drug-likeness (QED) is 0.482. The lowest BCUT2D eigenvalue weighted by atomic mass is 10.1. The summed E-state index contributed by atoms with van der Waals surface area (Å²) in [6.45, 7) is 2.60. The molecule has 0 fully saturated rings. The van der Waals surface area contributed by atoms with Crippen LogP contribution < -0.4 is 10.6 Å². The number of rotatable bonds is 7. The van der Waals surface area contributed by atoms with Gasteiger partial charge in [-0.25, -0.2) is 0 Å². The number of carbonyl (C=O) groups excluding carboxylic acids is 1. The summed E-state index contributed by atoms with van der Waals surface area (Å²) < 4.78 is 1.64. The molecule has 4 aromatic rings. The molecule has 0 spiro atoms. The first kappa shape index (κ1) is 19.4. The largest absolute Gasteiger partial charge is 0.353 e. The van der Waals surface area contributed by atoms with Crippen LogP contribution in [0.15, 0.2) is 84.9 Å². The molecule has 0 aliphatic heterocycles. The van der Waals surface area contributed by atoms with Gasteiger partial charge in [0.15, 0.2) is 0 Å². The average Bonchev–Trinajstić information content (AvgIpc) is 3.18. The van der Waals surface area contributed by atoms with E-state index in [4.69, 9.17) is 0 Å². The van der Waals surface area contributed by atoms with Crippen LogP contribution in [0.4, 0.5) is 11.9 Å². The number of nitrogens with one attached hydrogen (secondary N) is 2. The van der Waals surface area contributed by atoms with Gasteiger partial charge < -0.3 is 5.32 Å². The molecule has 6 heteroatoms. The molecule has 0 unspecified atom stereocenters. The molecule has 150 valence electrons. The zero-order valence-corrected chi connectivity index (χ0v) is 16.7. The Kier molecular flexibility index (Phi) is 5.85. The summed E-state index contributed by atoms with van der Waals surface area (Å²) in [7, 11) is 0. The second-order valence-corrected chi connectivity index (χ2v) is 6.94. The maximum atomic E-state index is 12.8. The number of nitrogens with zero attached hydrogens (tertiary/aromatic N) is 3. The van der Waals surface area contributed by atoms with Gasteiger partial charge in [0.05, 0.1) is 5.69 Å². The third kappa shape index (κ3) is 4.55. The zero-order chi connectivity index (χ0) is 20.8. The highest BCUT2D eigenvalue weighted by atomic mass is 16.1. The minimum Gasteiger partial charge on any atom is -0.353 e. The van der Waals surface area contributed by atoms with E-state index in [0.29, 0.717) is 24.0 Å². The Balaban J connectivity index is 1.55. The normalized spacial score (nSPS) is 10.6. The van der Waals surface area contributed by atoms with E-state index in [1.807, 2.05) is 73.7 Å². The molecule has 30 heavy (non-hydrogen) atoms. The van der Waals surface area contributed by atoms with Gasteiger partial charge in [0.1, 0.15) is 0 Å². The highest BCUT2D eigenvalue weighted by Gasteiger charge is 2.16. The monoisotopic (exact) mass is 397 g/mol. The van der Waals surface area contributed by atoms with Gasteiger partial charge in [-0.1, -0.05) is 66.7 Å². The van der Waals surface area contributed by atoms with Crippen molar-refractivity contribution >= 4 is 17.8 Å². The van der Waals surface area contributed by atoms with E-state index in [2.05, 4.69) is 32.8 Å². The van der Waals surface area contributed by atoms with Crippen LogP contribution in [-0.4, -0.2) is 27.2 Å². The third-order valence-corrected chi connectivity index (χ3v) is 4.76. The lowest BCUT2D eigenvalue weighted by Crippen LogP contribution is -2.16. The zero-order valence-electron chi connectivity index (χ0n) is 16.7. The van der Waals surface area contributed by atoms with Crippen LogP contribution in [0.2, 0.25) is 0 Å². The number of benzene rings is 3. The van der Waals surface area contributed by atoms with E-state index in [9.17, 15) is 4.79 Å². The fourth-order valence-corrected chi connectivity index (χ4v) is 3.18. The van der Waals surface area contributed by atoms with Crippen LogP contribution in [0.1, 0.15) is 21.5 Å². The Morgan fingerprint density at radius 2 is 1.57 bits per heavy atom. The van der Waals surface area contributed by atoms with Gasteiger partial charge in [-0.05, 0) is 42.7 Å². The van der Waals surface area contributed by atoms with Crippen molar-refractivity contribution in [2.24, 2.45) is 0 Å². The molecule has 4 rings (SSSR count). The predicted octanol–water partition coefficient (Wildman–Crippen LogP) is 4.48. The Labute approximate surface area is 175 Å². The molecule has 1 aromatic heterocycles. The smallest absolute Gasteiger partial charge is 0.258 e.